The molecular weight excluding hydrogens is 168 g/mol. The summed E-state index contributed by atoms with van der Waals surface area (Å²) in [5.41, 5.74) is 0. The summed E-state index contributed by atoms with van der Waals surface area (Å²) in [5.74, 6) is 0. The van der Waals surface area contributed by atoms with E-state index in [1.165, 1.54) is 0 Å². The largest absolute Gasteiger partial charge is 0.433 e. The molecule has 1 N–H and O–H groups in total. The molecule has 5 heteroatoms. The number of hydrogen-bond donors (Lipinski definition) is 1. The quantitative estimate of drug-likeness (QED) is 0.421. The fraction of sp³-hybridized carbons (Fsp3) is 0. The first-order chi connectivity index (χ1) is 1.73. The summed E-state index contributed by atoms with van der Waals surface area (Å²) in [7, 11) is 0. The summed E-state index contributed by atoms with van der Waals surface area (Å²) < 4.78 is 24.3. The minimum absolute atomic E-state index is 0. The van der Waals surface area contributed by atoms with Crippen LogP contribution in [-0.4, -0.2) is 4.20 Å². The van der Waals surface area contributed by atoms with E-state index in [0.29, 0.717) is 0 Å². The van der Waals surface area contributed by atoms with Gasteiger partial charge in [0.15, 0.2) is 0 Å². The molecule has 0 radical (unpaired) electrons. The smallest absolute Gasteiger partial charge is 0.372 e. The van der Waals surface area contributed by atoms with Crippen molar-refractivity contribution in [1.29, 1.82) is 0 Å². The van der Waals surface area contributed by atoms with Gasteiger partial charge in [-0.2, -0.15) is 0 Å². The van der Waals surface area contributed by atoms with E-state index >= 15 is 0 Å². The molecule has 0 fully saturated rings. The van der Waals surface area contributed by atoms with Gasteiger partial charge in [0.05, 0.1) is 0 Å². The van der Waals surface area contributed by atoms with Gasteiger partial charge in [-0.15, -0.1) is 0 Å². The maximum Gasteiger partial charge on any atom is 0.433 e. The van der Waals surface area contributed by atoms with Crippen LogP contribution in [0.2, 0.25) is 0 Å². The van der Waals surface area contributed by atoms with Crippen molar-refractivity contribution >= 4 is 0 Å². The topological polar surface area (TPSA) is 66.3 Å². The average molecular weight is 169 g/mol. The monoisotopic (exact) mass is 168 g/mol. The summed E-state index contributed by atoms with van der Waals surface area (Å²) >= 11 is -3.40. The summed E-state index contributed by atoms with van der Waals surface area (Å²) in [5, 5.41) is 0. The van der Waals surface area contributed by atoms with Gasteiger partial charge < -0.3 is 8.40 Å². The Morgan fingerprint density at radius 1 is 1.40 bits per heavy atom. The Kier molecular flexibility index (Phi) is 11.0. The molecule has 0 aliphatic heterocycles. The van der Waals surface area contributed by atoms with Gasteiger partial charge >= 0.3 is 14.8 Å². The van der Waals surface area contributed by atoms with Crippen molar-refractivity contribution in [3.05, 3.63) is 0 Å². The van der Waals surface area contributed by atoms with E-state index in [1.54, 1.807) is 0 Å². The second-order valence-corrected chi connectivity index (χ2v) is 1.04. The Bertz CT molecular complexity index is 11.6. The molecule has 0 saturated heterocycles. The van der Waals surface area contributed by atoms with Gasteiger partial charge in [-0.25, -0.2) is 0 Å². The van der Waals surface area contributed by atoms with Crippen molar-refractivity contribution in [2.45, 2.75) is 0 Å². The van der Waals surface area contributed by atoms with Crippen LogP contribution < -0.4 is 8.40 Å². The molecule has 3 nitrogen and oxygen atoms in total. The van der Waals surface area contributed by atoms with E-state index in [4.69, 9.17) is 12.6 Å². The van der Waals surface area contributed by atoms with Crippen LogP contribution in [0.3, 0.4) is 0 Å². The normalized spacial score (nSPS) is 7.20. The Balaban J connectivity index is 0. The van der Waals surface area contributed by atoms with Gasteiger partial charge in [0.25, 0.3) is 0 Å². The number of hydrogen-bond acceptors (Lipinski definition) is 3. The van der Waals surface area contributed by atoms with Crippen molar-refractivity contribution in [1.82, 2.24) is 0 Å². The van der Waals surface area contributed by atoms with Crippen molar-refractivity contribution in [2.75, 3.05) is 0 Å². The van der Waals surface area contributed by atoms with Crippen LogP contribution in [0.1, 0.15) is 0 Å². The molecule has 0 aliphatic carbocycles. The summed E-state index contributed by atoms with van der Waals surface area (Å²) in [6, 6.07) is 0. The summed E-state index contributed by atoms with van der Waals surface area (Å²) in [6.07, 6.45) is 0. The third-order valence-electron chi connectivity index (χ3n) is 0. The Morgan fingerprint density at radius 2 is 1.40 bits per heavy atom. The second kappa shape index (κ2) is 5.62. The molecule has 34 valence electrons. The standard InChI is InChI=1S/Ar.BrHO3/c;2-1(3)4/h;2H. The molecule has 0 unspecified atom stereocenters. The first kappa shape index (κ1) is 9.80. The van der Waals surface area contributed by atoms with Gasteiger partial charge in [-0.3, -0.25) is 0 Å². The molecule has 0 amide bonds. The van der Waals surface area contributed by atoms with Crippen LogP contribution in [0.25, 0.3) is 0 Å². The zero-order valence-corrected chi connectivity index (χ0v) is 4.29. The van der Waals surface area contributed by atoms with Crippen LogP contribution >= 0.6 is 0 Å². The first-order valence-electron chi connectivity index (χ1n) is 0.478. The molecular formula is HArBrO3. The summed E-state index contributed by atoms with van der Waals surface area (Å²) in [4.78, 5) is 0. The van der Waals surface area contributed by atoms with Crippen LogP contribution in [0, 0.1) is 52.6 Å². The van der Waals surface area contributed by atoms with Gasteiger partial charge in [-0.05, 0) is 4.20 Å². The van der Waals surface area contributed by atoms with E-state index in [1.807, 2.05) is 0 Å². The Morgan fingerprint density at radius 3 is 1.40 bits per heavy atom. The molecule has 0 saturated carbocycles. The minimum Gasteiger partial charge on any atom is -0.372 e. The molecule has 0 atom stereocenters. The van der Waals surface area contributed by atoms with E-state index < -0.39 is 14.8 Å². The fourth-order valence-corrected chi connectivity index (χ4v) is 0. The predicted octanol–water partition coefficient (Wildman–Crippen LogP) is -2.94. The summed E-state index contributed by atoms with van der Waals surface area (Å²) in [6.45, 7) is 0. The Hall–Kier alpha value is 1.62. The van der Waals surface area contributed by atoms with Crippen molar-refractivity contribution in [3.63, 3.8) is 0 Å². The molecule has 0 spiro atoms. The van der Waals surface area contributed by atoms with E-state index in [0.717, 1.165) is 0 Å². The maximum atomic E-state index is 8.63. The SMILES string of the molecule is [Ar].[O-][Br+2]([O-])O. The van der Waals surface area contributed by atoms with Crippen LogP contribution in [0.5, 0.6) is 0 Å². The average Bonchev–Trinajstić information content (AvgIpc) is 0.811. The molecule has 5 heavy (non-hydrogen) atoms. The van der Waals surface area contributed by atoms with Crippen LogP contribution in [0.15, 0.2) is 0 Å². The first-order valence-corrected chi connectivity index (χ1v) is 2.48. The fourth-order valence-electron chi connectivity index (χ4n) is 0. The Labute approximate surface area is 64.4 Å². The molecule has 0 aromatic carbocycles. The van der Waals surface area contributed by atoms with Gasteiger partial charge in [-0.1, -0.05) is 0 Å². The third kappa shape index (κ3) is 28.1. The number of rotatable bonds is 0. The molecule has 0 aromatic rings. The molecule has 0 rings (SSSR count). The van der Waals surface area contributed by atoms with Gasteiger partial charge in [0.2, 0.25) is 0 Å². The molecule has 0 heterocycles. The second-order valence-electron chi connectivity index (χ2n) is 0.201. The zero-order valence-electron chi connectivity index (χ0n) is 2.00. The van der Waals surface area contributed by atoms with Crippen molar-refractivity contribution in [2.24, 2.45) is 0 Å². The minimum atomic E-state index is -3.40. The number of halogens is 1. The van der Waals surface area contributed by atoms with Crippen LogP contribution in [-0.2, 0) is 0 Å². The van der Waals surface area contributed by atoms with Crippen molar-refractivity contribution < 1.29 is 65.1 Å². The van der Waals surface area contributed by atoms with Gasteiger partial charge in [0, 0.05) is 37.7 Å². The van der Waals surface area contributed by atoms with Crippen LogP contribution in [0.4, 0.5) is 0 Å². The van der Waals surface area contributed by atoms with E-state index in [-0.39, 0.29) is 37.7 Å². The van der Waals surface area contributed by atoms with Crippen molar-refractivity contribution in [3.8, 4) is 0 Å². The van der Waals surface area contributed by atoms with Gasteiger partial charge in [0.1, 0.15) is 0 Å². The molecule has 0 aliphatic rings. The van der Waals surface area contributed by atoms with E-state index in [2.05, 4.69) is 0 Å². The molecule has 0 bridgehead atoms. The molecule has 0 aromatic heterocycles. The predicted molar refractivity (Wildman–Crippen MR) is 2.22 cm³/mol. The zero-order chi connectivity index (χ0) is 3.58. The maximum absolute atomic E-state index is 8.63. The third-order valence-corrected chi connectivity index (χ3v) is 0. The van der Waals surface area contributed by atoms with E-state index in [9.17, 15) is 0 Å².